The lowest BCUT2D eigenvalue weighted by Gasteiger charge is -2.33. The van der Waals surface area contributed by atoms with E-state index in [1.807, 2.05) is 11.5 Å². The maximum atomic E-state index is 12.5. The van der Waals surface area contributed by atoms with Crippen molar-refractivity contribution in [2.24, 2.45) is 0 Å². The molecule has 0 radical (unpaired) electrons. The van der Waals surface area contributed by atoms with E-state index >= 15 is 0 Å². The van der Waals surface area contributed by atoms with Crippen molar-refractivity contribution < 1.29 is 14.3 Å². The number of ether oxygens (including phenoxy) is 2. The lowest BCUT2D eigenvalue weighted by molar-refractivity contribution is -0.152. The molecule has 6 heteroatoms. The summed E-state index contributed by atoms with van der Waals surface area (Å²) in [6, 6.07) is 0. The number of methoxy groups -OCH3 is 1. The third-order valence-electron chi connectivity index (χ3n) is 3.95. The first-order valence-electron chi connectivity index (χ1n) is 7.29. The Kier molecular flexibility index (Phi) is 5.11. The minimum absolute atomic E-state index is 0.161. The van der Waals surface area contributed by atoms with Gasteiger partial charge in [0.2, 0.25) is 0 Å². The van der Waals surface area contributed by atoms with Crippen molar-refractivity contribution in [2.75, 3.05) is 20.3 Å². The Morgan fingerprint density at radius 1 is 1.40 bits per heavy atom. The highest BCUT2D eigenvalue weighted by atomic mass is 16.5. The molecule has 1 heterocycles. The van der Waals surface area contributed by atoms with Crippen LogP contribution in [0.2, 0.25) is 0 Å². The van der Waals surface area contributed by atoms with Crippen LogP contribution in [0.3, 0.4) is 0 Å². The molecule has 20 heavy (non-hydrogen) atoms. The summed E-state index contributed by atoms with van der Waals surface area (Å²) in [5, 5.41) is 8.21. The summed E-state index contributed by atoms with van der Waals surface area (Å²) in [4.78, 5) is 12.5. The summed E-state index contributed by atoms with van der Waals surface area (Å²) in [6.07, 6.45) is 6.46. The molecule has 1 aliphatic rings. The number of carbonyl (C=O) groups excluding carboxylic acids is 1. The number of hydrogen-bond acceptors (Lipinski definition) is 5. The van der Waals surface area contributed by atoms with Crippen LogP contribution in [0.15, 0.2) is 6.33 Å². The number of rotatable bonds is 6. The van der Waals surface area contributed by atoms with Gasteiger partial charge >= 0.3 is 5.97 Å². The second-order valence-electron chi connectivity index (χ2n) is 5.20. The van der Waals surface area contributed by atoms with Crippen molar-refractivity contribution >= 4 is 5.97 Å². The summed E-state index contributed by atoms with van der Waals surface area (Å²) >= 11 is 0. The molecular formula is C14H23N3O3. The zero-order chi connectivity index (χ0) is 14.4. The minimum atomic E-state index is -0.626. The van der Waals surface area contributed by atoms with E-state index in [1.54, 1.807) is 13.4 Å². The first kappa shape index (κ1) is 15.0. The predicted octanol–water partition coefficient (Wildman–Crippen LogP) is 1.69. The van der Waals surface area contributed by atoms with E-state index in [0.29, 0.717) is 19.8 Å². The van der Waals surface area contributed by atoms with Gasteiger partial charge in [-0.15, -0.1) is 10.2 Å². The van der Waals surface area contributed by atoms with Gasteiger partial charge in [-0.2, -0.15) is 0 Å². The fourth-order valence-electron chi connectivity index (χ4n) is 2.92. The molecule has 1 aromatic rings. The van der Waals surface area contributed by atoms with Crippen LogP contribution >= 0.6 is 0 Å². The lowest BCUT2D eigenvalue weighted by atomic mass is 9.73. The molecule has 2 rings (SSSR count). The first-order valence-corrected chi connectivity index (χ1v) is 7.29. The number of esters is 1. The largest absolute Gasteiger partial charge is 0.465 e. The molecule has 1 saturated carbocycles. The third-order valence-corrected chi connectivity index (χ3v) is 3.95. The van der Waals surface area contributed by atoms with Gasteiger partial charge in [-0.1, -0.05) is 19.3 Å². The maximum Gasteiger partial charge on any atom is 0.319 e. The predicted molar refractivity (Wildman–Crippen MR) is 73.3 cm³/mol. The van der Waals surface area contributed by atoms with Crippen LogP contribution in [-0.2, 0) is 26.2 Å². The molecule has 0 N–H and O–H groups in total. The van der Waals surface area contributed by atoms with Crippen molar-refractivity contribution in [3.63, 3.8) is 0 Å². The normalized spacial score (nSPS) is 17.9. The molecule has 0 unspecified atom stereocenters. The van der Waals surface area contributed by atoms with Crippen molar-refractivity contribution in [2.45, 2.75) is 51.0 Å². The van der Waals surface area contributed by atoms with E-state index in [9.17, 15) is 4.79 Å². The fraction of sp³-hybridized carbons (Fsp3) is 0.786. The lowest BCUT2D eigenvalue weighted by Crippen LogP contribution is -2.42. The highest BCUT2D eigenvalue weighted by Crippen LogP contribution is 2.39. The molecule has 1 aliphatic carbocycles. The van der Waals surface area contributed by atoms with Crippen LogP contribution in [-0.4, -0.2) is 41.1 Å². The second kappa shape index (κ2) is 6.83. The van der Waals surface area contributed by atoms with E-state index in [4.69, 9.17) is 9.47 Å². The van der Waals surface area contributed by atoms with Crippen molar-refractivity contribution in [3.8, 4) is 0 Å². The van der Waals surface area contributed by atoms with E-state index in [0.717, 1.165) is 37.9 Å². The number of carbonyl (C=O) groups is 1. The average Bonchev–Trinajstić information content (AvgIpc) is 2.95. The van der Waals surface area contributed by atoms with Gasteiger partial charge in [0.15, 0.2) is 0 Å². The highest BCUT2D eigenvalue weighted by Gasteiger charge is 2.46. The van der Waals surface area contributed by atoms with Gasteiger partial charge in [0.25, 0.3) is 0 Å². The summed E-state index contributed by atoms with van der Waals surface area (Å²) in [5.41, 5.74) is -0.626. The third kappa shape index (κ3) is 2.85. The van der Waals surface area contributed by atoms with Crippen molar-refractivity contribution in [1.29, 1.82) is 0 Å². The fourth-order valence-corrected chi connectivity index (χ4v) is 2.92. The molecule has 0 bridgehead atoms. The minimum Gasteiger partial charge on any atom is -0.465 e. The van der Waals surface area contributed by atoms with Gasteiger partial charge in [-0.05, 0) is 19.8 Å². The standard InChI is InChI=1S/C14H23N3O3/c1-3-20-13(18)14(7-5-4-6-8-14)12-16-15-11-17(12)9-10-19-2/h11H,3-10H2,1-2H3. The highest BCUT2D eigenvalue weighted by molar-refractivity contribution is 5.82. The van der Waals surface area contributed by atoms with Gasteiger partial charge in [0, 0.05) is 13.7 Å². The quantitative estimate of drug-likeness (QED) is 0.742. The molecule has 6 nitrogen and oxygen atoms in total. The van der Waals surface area contributed by atoms with E-state index in [1.165, 1.54) is 0 Å². The molecule has 0 amide bonds. The van der Waals surface area contributed by atoms with Crippen LogP contribution in [0.25, 0.3) is 0 Å². The summed E-state index contributed by atoms with van der Waals surface area (Å²) < 4.78 is 12.3. The zero-order valence-electron chi connectivity index (χ0n) is 12.3. The Hall–Kier alpha value is -1.43. The molecule has 0 atom stereocenters. The van der Waals surface area contributed by atoms with E-state index in [-0.39, 0.29) is 5.97 Å². The Labute approximate surface area is 119 Å². The van der Waals surface area contributed by atoms with Gasteiger partial charge in [-0.3, -0.25) is 4.79 Å². The maximum absolute atomic E-state index is 12.5. The summed E-state index contributed by atoms with van der Waals surface area (Å²) in [7, 11) is 1.66. The monoisotopic (exact) mass is 281 g/mol. The van der Waals surface area contributed by atoms with Crippen LogP contribution in [0.1, 0.15) is 44.9 Å². The van der Waals surface area contributed by atoms with Crippen LogP contribution in [0, 0.1) is 0 Å². The molecule has 1 fully saturated rings. The number of aromatic nitrogens is 3. The van der Waals surface area contributed by atoms with E-state index < -0.39 is 5.41 Å². The van der Waals surface area contributed by atoms with E-state index in [2.05, 4.69) is 10.2 Å². The molecule has 1 aromatic heterocycles. The second-order valence-corrected chi connectivity index (χ2v) is 5.20. The summed E-state index contributed by atoms with van der Waals surface area (Å²) in [6.45, 7) is 3.46. The molecule has 0 saturated heterocycles. The van der Waals surface area contributed by atoms with Gasteiger partial charge in [-0.25, -0.2) is 0 Å². The van der Waals surface area contributed by atoms with Gasteiger partial charge in [0.05, 0.1) is 13.2 Å². The molecular weight excluding hydrogens is 258 g/mol. The average molecular weight is 281 g/mol. The molecule has 0 aliphatic heterocycles. The molecule has 0 spiro atoms. The molecule has 112 valence electrons. The number of nitrogens with zero attached hydrogens (tertiary/aromatic N) is 3. The van der Waals surface area contributed by atoms with Gasteiger partial charge < -0.3 is 14.0 Å². The molecule has 0 aromatic carbocycles. The van der Waals surface area contributed by atoms with Crippen molar-refractivity contribution in [1.82, 2.24) is 14.8 Å². The van der Waals surface area contributed by atoms with Crippen molar-refractivity contribution in [3.05, 3.63) is 12.2 Å². The Morgan fingerprint density at radius 3 is 2.80 bits per heavy atom. The Balaban J connectivity index is 2.31. The smallest absolute Gasteiger partial charge is 0.319 e. The zero-order valence-corrected chi connectivity index (χ0v) is 12.3. The first-order chi connectivity index (χ1) is 9.74. The Bertz CT molecular complexity index is 439. The van der Waals surface area contributed by atoms with Crippen LogP contribution < -0.4 is 0 Å². The number of hydrogen-bond donors (Lipinski definition) is 0. The van der Waals surface area contributed by atoms with Gasteiger partial charge in [0.1, 0.15) is 17.6 Å². The van der Waals surface area contributed by atoms with Crippen LogP contribution in [0.5, 0.6) is 0 Å². The Morgan fingerprint density at radius 2 is 2.15 bits per heavy atom. The topological polar surface area (TPSA) is 66.2 Å². The summed E-state index contributed by atoms with van der Waals surface area (Å²) in [5.74, 6) is 0.569. The van der Waals surface area contributed by atoms with Crippen LogP contribution in [0.4, 0.5) is 0 Å². The SMILES string of the molecule is CCOC(=O)C1(c2nncn2CCOC)CCCCC1.